The van der Waals surface area contributed by atoms with Crippen LogP contribution in [-0.4, -0.2) is 28.7 Å². The molecule has 5 nitrogen and oxygen atoms in total. The van der Waals surface area contributed by atoms with Gasteiger partial charge in [0.25, 0.3) is 5.91 Å². The zero-order valence-electron chi connectivity index (χ0n) is 23.0. The lowest BCUT2D eigenvalue weighted by Crippen LogP contribution is -2.39. The summed E-state index contributed by atoms with van der Waals surface area (Å²) in [5.41, 5.74) is 0.288. The molecule has 1 aromatic rings. The molecule has 214 valence electrons. The van der Waals surface area contributed by atoms with Gasteiger partial charge in [-0.1, -0.05) is 132 Å². The van der Waals surface area contributed by atoms with Crippen LogP contribution in [0.3, 0.4) is 0 Å². The average molecular weight is 605 g/mol. The SMILES string of the molecule is CCCCCCCCCCCCSC1C(=O)N(c2c(Cl)cc(Cl)cc2Cl)N=C1NC(=O)CCCCCCC. The van der Waals surface area contributed by atoms with Crippen LogP contribution in [0.4, 0.5) is 5.69 Å². The van der Waals surface area contributed by atoms with Crippen LogP contribution in [0, 0.1) is 0 Å². The summed E-state index contributed by atoms with van der Waals surface area (Å²) in [6, 6.07) is 3.07. The molecule has 2 rings (SSSR count). The van der Waals surface area contributed by atoms with Crippen molar-refractivity contribution in [1.29, 1.82) is 0 Å². The van der Waals surface area contributed by atoms with Crippen LogP contribution in [0.5, 0.6) is 0 Å². The van der Waals surface area contributed by atoms with Crippen LogP contribution in [-0.2, 0) is 9.59 Å². The Morgan fingerprint density at radius 2 is 1.34 bits per heavy atom. The number of amidine groups is 1. The molecule has 0 bridgehead atoms. The fourth-order valence-electron chi connectivity index (χ4n) is 4.46. The highest BCUT2D eigenvalue weighted by molar-refractivity contribution is 8.01. The van der Waals surface area contributed by atoms with Crippen LogP contribution in [0.1, 0.15) is 117 Å². The van der Waals surface area contributed by atoms with Crippen molar-refractivity contribution in [3.63, 3.8) is 0 Å². The molecule has 2 amide bonds. The molecule has 1 aromatic carbocycles. The molecule has 0 fully saturated rings. The minimum absolute atomic E-state index is 0.118. The Labute approximate surface area is 248 Å². The first-order valence-electron chi connectivity index (χ1n) is 14.4. The molecular formula is C29H44Cl3N3O2S. The number of thioether (sulfide) groups is 1. The number of carbonyl (C=O) groups excluding carboxylic acids is 2. The molecule has 0 aliphatic carbocycles. The van der Waals surface area contributed by atoms with E-state index < -0.39 is 5.25 Å². The predicted molar refractivity (Wildman–Crippen MR) is 166 cm³/mol. The largest absolute Gasteiger partial charge is 0.311 e. The van der Waals surface area contributed by atoms with E-state index in [2.05, 4.69) is 24.3 Å². The number of nitrogens with zero attached hydrogens (tertiary/aromatic N) is 2. The zero-order valence-corrected chi connectivity index (χ0v) is 26.1. The van der Waals surface area contributed by atoms with E-state index in [0.29, 0.717) is 17.3 Å². The molecule has 1 unspecified atom stereocenters. The third-order valence-electron chi connectivity index (χ3n) is 6.64. The van der Waals surface area contributed by atoms with E-state index in [9.17, 15) is 9.59 Å². The number of hydrogen-bond donors (Lipinski definition) is 1. The van der Waals surface area contributed by atoms with Crippen LogP contribution in [0.15, 0.2) is 17.2 Å². The Morgan fingerprint density at radius 1 is 0.842 bits per heavy atom. The van der Waals surface area contributed by atoms with Crippen molar-refractivity contribution in [2.75, 3.05) is 10.8 Å². The van der Waals surface area contributed by atoms with Crippen LogP contribution in [0.25, 0.3) is 0 Å². The van der Waals surface area contributed by atoms with Gasteiger partial charge in [0.15, 0.2) is 5.84 Å². The Morgan fingerprint density at radius 3 is 1.89 bits per heavy atom. The highest BCUT2D eigenvalue weighted by Crippen LogP contribution is 2.39. The Balaban J connectivity index is 1.92. The predicted octanol–water partition coefficient (Wildman–Crippen LogP) is 9.81. The molecule has 38 heavy (non-hydrogen) atoms. The summed E-state index contributed by atoms with van der Waals surface area (Å²) >= 11 is 20.4. The second-order valence-corrected chi connectivity index (χ2v) is 12.5. The quantitative estimate of drug-likeness (QED) is 0.160. The van der Waals surface area contributed by atoms with Gasteiger partial charge in [0.2, 0.25) is 5.91 Å². The highest BCUT2D eigenvalue weighted by atomic mass is 35.5. The van der Waals surface area contributed by atoms with Gasteiger partial charge in [-0.25, -0.2) is 0 Å². The number of benzene rings is 1. The number of carbonyl (C=O) groups is 2. The summed E-state index contributed by atoms with van der Waals surface area (Å²) in [7, 11) is 0. The van der Waals surface area contributed by atoms with Gasteiger partial charge in [0.05, 0.1) is 10.0 Å². The van der Waals surface area contributed by atoms with Gasteiger partial charge in [-0.2, -0.15) is 5.01 Å². The number of hydrazone groups is 1. The fourth-order valence-corrected chi connectivity index (χ4v) is 6.55. The number of unbranched alkanes of at least 4 members (excludes halogenated alkanes) is 13. The van der Waals surface area contributed by atoms with Crippen molar-refractivity contribution in [3.05, 3.63) is 27.2 Å². The number of hydrogen-bond acceptors (Lipinski definition) is 4. The van der Waals surface area contributed by atoms with Gasteiger partial charge in [-0.3, -0.25) is 9.59 Å². The Bertz CT molecular complexity index is 890. The normalized spacial score (nSPS) is 15.3. The molecule has 1 heterocycles. The molecule has 9 heteroatoms. The molecule has 1 aliphatic rings. The zero-order chi connectivity index (χ0) is 27.8. The maximum absolute atomic E-state index is 13.4. The summed E-state index contributed by atoms with van der Waals surface area (Å²) in [5, 5.41) is 8.85. The first-order valence-corrected chi connectivity index (χ1v) is 16.6. The van der Waals surface area contributed by atoms with E-state index >= 15 is 0 Å². The van der Waals surface area contributed by atoms with Gasteiger partial charge in [0, 0.05) is 11.4 Å². The first-order chi connectivity index (χ1) is 18.4. The summed E-state index contributed by atoms with van der Waals surface area (Å²) in [4.78, 5) is 26.1. The molecule has 0 saturated heterocycles. The first kappa shape index (κ1) is 33.3. The lowest BCUT2D eigenvalue weighted by atomic mass is 10.1. The van der Waals surface area contributed by atoms with Crippen molar-refractivity contribution in [2.45, 2.75) is 122 Å². The Hall–Kier alpha value is -0.950. The Kier molecular flexibility index (Phi) is 16.8. The molecule has 0 aromatic heterocycles. The maximum atomic E-state index is 13.4. The van der Waals surface area contributed by atoms with E-state index in [4.69, 9.17) is 34.8 Å². The third kappa shape index (κ3) is 11.7. The van der Waals surface area contributed by atoms with Gasteiger partial charge < -0.3 is 5.32 Å². The van der Waals surface area contributed by atoms with Crippen LogP contribution < -0.4 is 10.3 Å². The second kappa shape index (κ2) is 19.2. The van der Waals surface area contributed by atoms with Gasteiger partial charge >= 0.3 is 0 Å². The topological polar surface area (TPSA) is 61.8 Å². The van der Waals surface area contributed by atoms with Crippen molar-refractivity contribution < 1.29 is 9.59 Å². The number of nitrogens with one attached hydrogen (secondary N) is 1. The van der Waals surface area contributed by atoms with E-state index in [1.165, 1.54) is 86.7 Å². The molecule has 1 N–H and O–H groups in total. The molecule has 0 radical (unpaired) electrons. The summed E-state index contributed by atoms with van der Waals surface area (Å²) in [5.74, 6) is 0.793. The summed E-state index contributed by atoms with van der Waals surface area (Å²) in [6.07, 6.45) is 18.3. The molecule has 1 aliphatic heterocycles. The van der Waals surface area contributed by atoms with Crippen LogP contribution >= 0.6 is 46.6 Å². The van der Waals surface area contributed by atoms with Gasteiger partial charge in [-0.15, -0.1) is 16.9 Å². The van der Waals surface area contributed by atoms with Gasteiger partial charge in [-0.05, 0) is 30.7 Å². The van der Waals surface area contributed by atoms with E-state index in [1.807, 2.05) is 0 Å². The van der Waals surface area contributed by atoms with E-state index in [1.54, 1.807) is 0 Å². The smallest absolute Gasteiger partial charge is 0.268 e. The number of anilines is 1. The number of amides is 2. The van der Waals surface area contributed by atoms with E-state index in [-0.39, 0.29) is 27.5 Å². The van der Waals surface area contributed by atoms with Crippen molar-refractivity contribution in [3.8, 4) is 0 Å². The van der Waals surface area contributed by atoms with Crippen molar-refractivity contribution >= 4 is 69.9 Å². The highest BCUT2D eigenvalue weighted by Gasteiger charge is 2.39. The fraction of sp³-hybridized carbons (Fsp3) is 0.690. The number of rotatable bonds is 19. The van der Waals surface area contributed by atoms with Crippen molar-refractivity contribution in [1.82, 2.24) is 5.32 Å². The summed E-state index contributed by atoms with van der Waals surface area (Å²) < 4.78 is 0. The van der Waals surface area contributed by atoms with Gasteiger partial charge in [0.1, 0.15) is 10.9 Å². The lowest BCUT2D eigenvalue weighted by molar-refractivity contribution is -0.119. The lowest BCUT2D eigenvalue weighted by Gasteiger charge is -2.17. The second-order valence-electron chi connectivity index (χ2n) is 10.00. The summed E-state index contributed by atoms with van der Waals surface area (Å²) in [6.45, 7) is 4.41. The van der Waals surface area contributed by atoms with Crippen molar-refractivity contribution in [2.24, 2.45) is 5.10 Å². The average Bonchev–Trinajstić information content (AvgIpc) is 3.16. The van der Waals surface area contributed by atoms with Crippen LogP contribution in [0.2, 0.25) is 15.1 Å². The molecule has 0 spiro atoms. The van der Waals surface area contributed by atoms with E-state index in [0.717, 1.165) is 44.3 Å². The molecular weight excluding hydrogens is 561 g/mol. The molecule has 0 saturated carbocycles. The molecule has 1 atom stereocenters. The monoisotopic (exact) mass is 603 g/mol. The standard InChI is InChI=1S/C29H44Cl3N3O2S/c1-3-5-7-9-10-11-12-13-15-17-19-38-27-28(33-25(36)18-16-14-8-6-4-2)34-35(29(27)37)26-23(31)20-22(30)21-24(26)32/h20-21,27H,3-19H2,1-2H3,(H,33,34,36). The maximum Gasteiger partial charge on any atom is 0.268 e. The minimum Gasteiger partial charge on any atom is -0.311 e. The number of halogens is 3. The third-order valence-corrected chi connectivity index (χ3v) is 8.72. The minimum atomic E-state index is -0.597.